The van der Waals surface area contributed by atoms with Crippen molar-refractivity contribution in [2.75, 3.05) is 37.7 Å². The Kier molecular flexibility index (Phi) is 7.42. The number of rotatable bonds is 7. The molecule has 0 saturated carbocycles. The Hall–Kier alpha value is -4.65. The largest absolute Gasteiger partial charge is 0.354 e. The molecular formula is C34H34N4O3. The van der Waals surface area contributed by atoms with Crippen molar-refractivity contribution in [2.45, 2.75) is 24.8 Å². The van der Waals surface area contributed by atoms with Crippen molar-refractivity contribution in [3.63, 3.8) is 0 Å². The van der Waals surface area contributed by atoms with Gasteiger partial charge >= 0.3 is 0 Å². The van der Waals surface area contributed by atoms with Gasteiger partial charge in [0.05, 0.1) is 6.67 Å². The third-order valence-corrected chi connectivity index (χ3v) is 8.37. The highest BCUT2D eigenvalue weighted by atomic mass is 16.2. The fraction of sp³-hybridized carbons (Fsp3) is 0.265. The van der Waals surface area contributed by atoms with Crippen molar-refractivity contribution in [3.05, 3.63) is 114 Å². The normalized spacial score (nSPS) is 16.4. The highest BCUT2D eigenvalue weighted by Crippen LogP contribution is 2.39. The fourth-order valence-corrected chi connectivity index (χ4v) is 6.13. The Balaban J connectivity index is 1.15. The lowest BCUT2D eigenvalue weighted by molar-refractivity contribution is -0.137. The summed E-state index contributed by atoms with van der Waals surface area (Å²) in [6.45, 7) is 1.81. The molecule has 7 nitrogen and oxygen atoms in total. The maximum absolute atomic E-state index is 14.0. The van der Waals surface area contributed by atoms with Crippen LogP contribution in [0.15, 0.2) is 103 Å². The standard InChI is InChI=1S/C34H34N4O3/c39-31(35-20-17-26-9-3-1-4-10-26)24-37-25-38(30-13-5-2-6-14-30)34(33(37)41)18-21-36(22-19-34)32(40)29-16-15-27-11-7-8-12-28(27)23-29/h1-16,23H,17-22,24-25H2,(H,35,39). The van der Waals surface area contributed by atoms with E-state index in [-0.39, 0.29) is 24.3 Å². The molecule has 1 spiro atoms. The summed E-state index contributed by atoms with van der Waals surface area (Å²) in [5.74, 6) is -0.224. The Morgan fingerprint density at radius 3 is 2.17 bits per heavy atom. The third-order valence-electron chi connectivity index (χ3n) is 8.37. The zero-order valence-electron chi connectivity index (χ0n) is 23.0. The van der Waals surface area contributed by atoms with Crippen LogP contribution in [0.3, 0.4) is 0 Å². The van der Waals surface area contributed by atoms with E-state index in [2.05, 4.69) is 10.2 Å². The molecular weight excluding hydrogens is 512 g/mol. The molecule has 0 atom stereocenters. The predicted molar refractivity (Wildman–Crippen MR) is 160 cm³/mol. The van der Waals surface area contributed by atoms with E-state index in [1.807, 2.05) is 108 Å². The molecule has 3 amide bonds. The van der Waals surface area contributed by atoms with E-state index in [1.165, 1.54) is 0 Å². The molecule has 7 heteroatoms. The molecule has 2 aliphatic rings. The smallest absolute Gasteiger partial charge is 0.253 e. The van der Waals surface area contributed by atoms with Crippen LogP contribution in [0.5, 0.6) is 0 Å². The minimum atomic E-state index is -0.786. The van der Waals surface area contributed by atoms with Gasteiger partial charge in [-0.25, -0.2) is 0 Å². The van der Waals surface area contributed by atoms with Gasteiger partial charge in [-0.2, -0.15) is 0 Å². The van der Waals surface area contributed by atoms with Gasteiger partial charge < -0.3 is 20.0 Å². The lowest BCUT2D eigenvalue weighted by atomic mass is 9.85. The molecule has 0 bridgehead atoms. The van der Waals surface area contributed by atoms with Crippen molar-refractivity contribution >= 4 is 34.2 Å². The summed E-state index contributed by atoms with van der Waals surface area (Å²) in [5.41, 5.74) is 1.98. The molecule has 0 aliphatic carbocycles. The number of hydrogen-bond acceptors (Lipinski definition) is 4. The van der Waals surface area contributed by atoms with Gasteiger partial charge in [0, 0.05) is 30.9 Å². The topological polar surface area (TPSA) is 73.0 Å². The molecule has 2 fully saturated rings. The van der Waals surface area contributed by atoms with Gasteiger partial charge in [0.25, 0.3) is 11.8 Å². The SMILES string of the molecule is O=C(CN1CN(c2ccccc2)C2(CCN(C(=O)c3ccc4ccccc4c3)CC2)C1=O)NCCc1ccccc1. The first-order valence-corrected chi connectivity index (χ1v) is 14.2. The number of benzene rings is 4. The van der Waals surface area contributed by atoms with Crippen LogP contribution in [0, 0.1) is 0 Å². The molecule has 2 aliphatic heterocycles. The van der Waals surface area contributed by atoms with Crippen LogP contribution < -0.4 is 10.2 Å². The van der Waals surface area contributed by atoms with Crippen LogP contribution in [0.4, 0.5) is 5.69 Å². The fourth-order valence-electron chi connectivity index (χ4n) is 6.13. The summed E-state index contributed by atoms with van der Waals surface area (Å²) in [7, 11) is 0. The summed E-state index contributed by atoms with van der Waals surface area (Å²) in [5, 5.41) is 5.10. The number of likely N-dealkylation sites (tertiary alicyclic amines) is 1. The molecule has 2 heterocycles. The first-order chi connectivity index (χ1) is 20.0. The molecule has 0 unspecified atom stereocenters. The molecule has 6 rings (SSSR count). The molecule has 41 heavy (non-hydrogen) atoms. The number of amides is 3. The van der Waals surface area contributed by atoms with Crippen molar-refractivity contribution < 1.29 is 14.4 Å². The van der Waals surface area contributed by atoms with E-state index >= 15 is 0 Å². The van der Waals surface area contributed by atoms with Crippen LogP contribution >= 0.6 is 0 Å². The lowest BCUT2D eigenvalue weighted by Gasteiger charge is -2.43. The molecule has 0 aromatic heterocycles. The second kappa shape index (κ2) is 11.5. The zero-order chi connectivity index (χ0) is 28.2. The molecule has 4 aromatic rings. The van der Waals surface area contributed by atoms with E-state index in [1.54, 1.807) is 4.90 Å². The zero-order valence-corrected chi connectivity index (χ0v) is 23.0. The van der Waals surface area contributed by atoms with Gasteiger partial charge in [0.1, 0.15) is 12.1 Å². The van der Waals surface area contributed by atoms with Gasteiger partial charge in [-0.05, 0) is 59.9 Å². The number of nitrogens with zero attached hydrogens (tertiary/aromatic N) is 3. The minimum Gasteiger partial charge on any atom is -0.354 e. The molecule has 1 N–H and O–H groups in total. The van der Waals surface area contributed by atoms with Gasteiger partial charge in [0.15, 0.2) is 0 Å². The second-order valence-electron chi connectivity index (χ2n) is 10.9. The van der Waals surface area contributed by atoms with Crippen molar-refractivity contribution in [2.24, 2.45) is 0 Å². The summed E-state index contributed by atoms with van der Waals surface area (Å²) < 4.78 is 0. The summed E-state index contributed by atoms with van der Waals surface area (Å²) in [6.07, 6.45) is 1.75. The molecule has 0 radical (unpaired) electrons. The Morgan fingerprint density at radius 2 is 1.44 bits per heavy atom. The Morgan fingerprint density at radius 1 is 0.780 bits per heavy atom. The predicted octanol–water partition coefficient (Wildman–Crippen LogP) is 4.48. The number of hydrogen-bond donors (Lipinski definition) is 1. The van der Waals surface area contributed by atoms with Crippen LogP contribution in [-0.4, -0.2) is 65.9 Å². The average molecular weight is 547 g/mol. The number of nitrogens with one attached hydrogen (secondary N) is 1. The van der Waals surface area contributed by atoms with E-state index in [0.717, 1.165) is 28.4 Å². The van der Waals surface area contributed by atoms with Crippen molar-refractivity contribution in [3.8, 4) is 0 Å². The third kappa shape index (κ3) is 5.40. The monoisotopic (exact) mass is 546 g/mol. The molecule has 2 saturated heterocycles. The van der Waals surface area contributed by atoms with Crippen LogP contribution in [0.25, 0.3) is 10.8 Å². The maximum atomic E-state index is 14.0. The first kappa shape index (κ1) is 26.6. The van der Waals surface area contributed by atoms with Crippen molar-refractivity contribution in [1.29, 1.82) is 0 Å². The number of carbonyl (C=O) groups is 3. The number of fused-ring (bicyclic) bond motifs is 1. The van der Waals surface area contributed by atoms with Crippen LogP contribution in [0.2, 0.25) is 0 Å². The van der Waals surface area contributed by atoms with Gasteiger partial charge in [-0.15, -0.1) is 0 Å². The average Bonchev–Trinajstić information content (AvgIpc) is 3.28. The minimum absolute atomic E-state index is 0.0123. The quantitative estimate of drug-likeness (QED) is 0.371. The molecule has 4 aromatic carbocycles. The summed E-state index contributed by atoms with van der Waals surface area (Å²) >= 11 is 0. The van der Waals surface area contributed by atoms with Gasteiger partial charge in [-0.3, -0.25) is 14.4 Å². The van der Waals surface area contributed by atoms with Gasteiger partial charge in [-0.1, -0.05) is 78.9 Å². The van der Waals surface area contributed by atoms with Crippen molar-refractivity contribution in [1.82, 2.24) is 15.1 Å². The number of para-hydroxylation sites is 1. The summed E-state index contributed by atoms with van der Waals surface area (Å²) in [6, 6.07) is 33.7. The van der Waals surface area contributed by atoms with Crippen LogP contribution in [0.1, 0.15) is 28.8 Å². The maximum Gasteiger partial charge on any atom is 0.253 e. The Bertz CT molecular complexity index is 1550. The van der Waals surface area contributed by atoms with E-state index in [0.29, 0.717) is 44.7 Å². The number of piperidine rings is 1. The highest BCUT2D eigenvalue weighted by Gasteiger charge is 2.54. The molecule has 208 valence electrons. The highest BCUT2D eigenvalue weighted by molar-refractivity contribution is 6.00. The second-order valence-corrected chi connectivity index (χ2v) is 10.9. The van der Waals surface area contributed by atoms with E-state index in [9.17, 15) is 14.4 Å². The summed E-state index contributed by atoms with van der Waals surface area (Å²) in [4.78, 5) is 46.0. The van der Waals surface area contributed by atoms with E-state index < -0.39 is 5.54 Å². The number of carbonyl (C=O) groups excluding carboxylic acids is 3. The first-order valence-electron chi connectivity index (χ1n) is 14.2. The lowest BCUT2D eigenvalue weighted by Crippen LogP contribution is -2.57. The van der Waals surface area contributed by atoms with E-state index in [4.69, 9.17) is 0 Å². The van der Waals surface area contributed by atoms with Crippen LogP contribution in [-0.2, 0) is 16.0 Å². The Labute approximate surface area is 240 Å². The van der Waals surface area contributed by atoms with Gasteiger partial charge in [0.2, 0.25) is 5.91 Å². The number of anilines is 1.